The minimum atomic E-state index is -0.0240. The van der Waals surface area contributed by atoms with E-state index in [0.29, 0.717) is 21.6 Å². The average Bonchev–Trinajstić information content (AvgIpc) is 3.15. The topological polar surface area (TPSA) is 65.2 Å². The summed E-state index contributed by atoms with van der Waals surface area (Å²) in [4.78, 5) is 12.5. The van der Waals surface area contributed by atoms with Crippen molar-refractivity contribution >= 4 is 29.1 Å². The van der Waals surface area contributed by atoms with Crippen molar-refractivity contribution in [3.8, 4) is 5.75 Å². The van der Waals surface area contributed by atoms with Crippen LogP contribution in [0.2, 0.25) is 5.02 Å². The molecule has 0 unspecified atom stereocenters. The molecule has 4 fully saturated rings. The zero-order chi connectivity index (χ0) is 19.3. The molecule has 0 N–H and O–H groups in total. The molecule has 4 saturated carbocycles. The summed E-state index contributed by atoms with van der Waals surface area (Å²) in [7, 11) is 1.55. The van der Waals surface area contributed by atoms with Crippen LogP contribution in [0.4, 0.5) is 0 Å². The summed E-state index contributed by atoms with van der Waals surface area (Å²) >= 11 is 7.42. The molecule has 0 aliphatic heterocycles. The summed E-state index contributed by atoms with van der Waals surface area (Å²) in [5.41, 5.74) is 0.646. The summed E-state index contributed by atoms with van der Waals surface area (Å²) in [5, 5.41) is 9.55. The molecule has 2 aromatic rings. The third-order valence-electron chi connectivity index (χ3n) is 6.70. The molecule has 0 amide bonds. The van der Waals surface area contributed by atoms with Crippen LogP contribution in [0.1, 0.15) is 54.8 Å². The number of ether oxygens (including phenoxy) is 1. The molecule has 0 radical (unpaired) electrons. The summed E-state index contributed by atoms with van der Waals surface area (Å²) in [6.07, 6.45) is 7.72. The highest BCUT2D eigenvalue weighted by Gasteiger charge is 2.54. The van der Waals surface area contributed by atoms with Crippen LogP contribution in [0, 0.1) is 17.8 Å². The second kappa shape index (κ2) is 7.06. The minimum Gasteiger partial charge on any atom is -0.495 e. The lowest BCUT2D eigenvalue weighted by molar-refractivity contribution is -0.0191. The van der Waals surface area contributed by atoms with Gasteiger partial charge < -0.3 is 9.15 Å². The van der Waals surface area contributed by atoms with E-state index in [1.54, 1.807) is 25.3 Å². The van der Waals surface area contributed by atoms with Gasteiger partial charge in [0, 0.05) is 11.0 Å². The Bertz CT molecular complexity index is 878. The van der Waals surface area contributed by atoms with Crippen molar-refractivity contribution in [1.82, 2.24) is 10.2 Å². The molecule has 5 nitrogen and oxygen atoms in total. The van der Waals surface area contributed by atoms with Crippen LogP contribution in [-0.2, 0) is 5.41 Å². The van der Waals surface area contributed by atoms with Gasteiger partial charge in [-0.3, -0.25) is 4.79 Å². The molecule has 6 rings (SSSR count). The number of Topliss-reactive ketones (excluding diaryl/α,β-unsaturated/α-hetero) is 1. The Hall–Kier alpha value is -1.53. The highest BCUT2D eigenvalue weighted by atomic mass is 35.5. The number of hydrogen-bond donors (Lipinski definition) is 0. The number of methoxy groups -OCH3 is 1. The highest BCUT2D eigenvalue weighted by Crippen LogP contribution is 2.60. The molecule has 4 aliphatic rings. The first-order valence-corrected chi connectivity index (χ1v) is 11.2. The van der Waals surface area contributed by atoms with Gasteiger partial charge in [0.15, 0.2) is 5.78 Å². The first kappa shape index (κ1) is 18.5. The normalized spacial score (nSPS) is 30.6. The first-order valence-electron chi connectivity index (χ1n) is 9.88. The summed E-state index contributed by atoms with van der Waals surface area (Å²) in [5.74, 6) is 4.06. The number of rotatable bonds is 6. The highest BCUT2D eigenvalue weighted by molar-refractivity contribution is 7.99. The lowest BCUT2D eigenvalue weighted by Crippen LogP contribution is -2.48. The molecule has 28 heavy (non-hydrogen) atoms. The van der Waals surface area contributed by atoms with Gasteiger partial charge in [-0.25, -0.2) is 0 Å². The van der Waals surface area contributed by atoms with Crippen LogP contribution in [0.5, 0.6) is 5.75 Å². The predicted octanol–water partition coefficient (Wildman–Crippen LogP) is 5.17. The van der Waals surface area contributed by atoms with Gasteiger partial charge in [0.1, 0.15) is 5.75 Å². The Labute approximate surface area is 173 Å². The molecule has 0 spiro atoms. The van der Waals surface area contributed by atoms with Gasteiger partial charge in [0.05, 0.1) is 17.9 Å². The Morgan fingerprint density at radius 2 is 1.89 bits per heavy atom. The van der Waals surface area contributed by atoms with Crippen LogP contribution in [0.3, 0.4) is 0 Å². The Kier molecular flexibility index (Phi) is 4.67. The van der Waals surface area contributed by atoms with E-state index in [1.807, 2.05) is 0 Å². The molecule has 1 aromatic carbocycles. The molecule has 1 heterocycles. The lowest BCUT2D eigenvalue weighted by atomic mass is 9.49. The van der Waals surface area contributed by atoms with E-state index < -0.39 is 0 Å². The van der Waals surface area contributed by atoms with Crippen LogP contribution >= 0.6 is 23.4 Å². The van der Waals surface area contributed by atoms with Gasteiger partial charge in [-0.2, -0.15) is 0 Å². The largest absolute Gasteiger partial charge is 0.495 e. The summed E-state index contributed by atoms with van der Waals surface area (Å²) in [6.45, 7) is 0. The molecule has 4 aliphatic carbocycles. The van der Waals surface area contributed by atoms with Crippen molar-refractivity contribution in [2.75, 3.05) is 12.9 Å². The van der Waals surface area contributed by atoms with Crippen molar-refractivity contribution < 1.29 is 13.9 Å². The Morgan fingerprint density at radius 3 is 2.50 bits per heavy atom. The standard InChI is InChI=1S/C21H23ClN2O3S/c1-26-18-3-2-15(7-16(18)22)17(25)11-28-20-24-23-19(27-20)21-8-12-4-13(9-21)6-14(5-12)10-21/h2-3,7,12-14H,4-6,8-11H2,1H3. The Morgan fingerprint density at radius 1 is 1.21 bits per heavy atom. The lowest BCUT2D eigenvalue weighted by Gasteiger charge is -2.55. The second-order valence-electron chi connectivity index (χ2n) is 8.63. The van der Waals surface area contributed by atoms with Crippen molar-refractivity contribution in [3.63, 3.8) is 0 Å². The Balaban J connectivity index is 1.26. The van der Waals surface area contributed by atoms with E-state index in [2.05, 4.69) is 10.2 Å². The number of benzene rings is 1. The number of hydrogen-bond acceptors (Lipinski definition) is 6. The van der Waals surface area contributed by atoms with E-state index in [0.717, 1.165) is 23.6 Å². The zero-order valence-electron chi connectivity index (χ0n) is 15.8. The molecular weight excluding hydrogens is 396 g/mol. The monoisotopic (exact) mass is 418 g/mol. The molecule has 0 atom stereocenters. The van der Waals surface area contributed by atoms with Gasteiger partial charge in [0.2, 0.25) is 5.89 Å². The van der Waals surface area contributed by atoms with Crippen molar-refractivity contribution in [2.45, 2.75) is 49.2 Å². The number of ketones is 1. The fourth-order valence-corrected chi connectivity index (χ4v) is 6.82. The fourth-order valence-electron chi connectivity index (χ4n) is 5.91. The second-order valence-corrected chi connectivity index (χ2v) is 9.97. The predicted molar refractivity (Wildman–Crippen MR) is 107 cm³/mol. The molecule has 7 heteroatoms. The third kappa shape index (κ3) is 3.24. The summed E-state index contributed by atoms with van der Waals surface area (Å²) in [6, 6.07) is 5.07. The molecule has 148 valence electrons. The molecular formula is C21H23ClN2O3S. The van der Waals surface area contributed by atoms with E-state index in [1.165, 1.54) is 50.3 Å². The number of nitrogens with zero attached hydrogens (tertiary/aromatic N) is 2. The van der Waals surface area contributed by atoms with Crippen molar-refractivity contribution in [1.29, 1.82) is 0 Å². The zero-order valence-corrected chi connectivity index (χ0v) is 17.4. The van der Waals surface area contributed by atoms with Gasteiger partial charge in [-0.1, -0.05) is 23.4 Å². The van der Waals surface area contributed by atoms with Crippen LogP contribution < -0.4 is 4.74 Å². The third-order valence-corrected chi connectivity index (χ3v) is 7.81. The van der Waals surface area contributed by atoms with Crippen LogP contribution in [0.15, 0.2) is 27.8 Å². The maximum absolute atomic E-state index is 12.5. The quantitative estimate of drug-likeness (QED) is 0.476. The van der Waals surface area contributed by atoms with Crippen molar-refractivity contribution in [2.24, 2.45) is 17.8 Å². The van der Waals surface area contributed by atoms with Gasteiger partial charge in [-0.15, -0.1) is 10.2 Å². The van der Waals surface area contributed by atoms with E-state index in [-0.39, 0.29) is 17.0 Å². The SMILES string of the molecule is COc1ccc(C(=O)CSc2nnc(C34CC5CC(CC(C5)C3)C4)o2)cc1Cl. The first-order chi connectivity index (χ1) is 13.5. The number of halogens is 1. The van der Waals surface area contributed by atoms with E-state index in [9.17, 15) is 4.79 Å². The minimum absolute atomic E-state index is 0.0240. The van der Waals surface area contributed by atoms with Crippen molar-refractivity contribution in [3.05, 3.63) is 34.7 Å². The van der Waals surface area contributed by atoms with E-state index >= 15 is 0 Å². The van der Waals surface area contributed by atoms with Crippen LogP contribution in [0.25, 0.3) is 0 Å². The van der Waals surface area contributed by atoms with Gasteiger partial charge in [-0.05, 0) is 74.5 Å². The number of thioether (sulfide) groups is 1. The van der Waals surface area contributed by atoms with Gasteiger partial charge in [0.25, 0.3) is 5.22 Å². The van der Waals surface area contributed by atoms with Gasteiger partial charge >= 0.3 is 0 Å². The number of carbonyl (C=O) groups excluding carboxylic acids is 1. The fraction of sp³-hybridized carbons (Fsp3) is 0.571. The summed E-state index contributed by atoms with van der Waals surface area (Å²) < 4.78 is 11.2. The maximum atomic E-state index is 12.5. The average molecular weight is 419 g/mol. The number of aromatic nitrogens is 2. The number of carbonyl (C=O) groups is 1. The molecule has 4 bridgehead atoms. The van der Waals surface area contributed by atoms with Crippen LogP contribution in [-0.4, -0.2) is 28.8 Å². The van der Waals surface area contributed by atoms with E-state index in [4.69, 9.17) is 20.8 Å². The smallest absolute Gasteiger partial charge is 0.277 e. The molecule has 0 saturated heterocycles. The molecule has 1 aromatic heterocycles. The maximum Gasteiger partial charge on any atom is 0.277 e.